The minimum atomic E-state index is -1.03. The van der Waals surface area contributed by atoms with Crippen molar-refractivity contribution in [3.8, 4) is 0 Å². The molecule has 0 saturated heterocycles. The number of hydrogen-bond donors (Lipinski definition) is 0. The lowest BCUT2D eigenvalue weighted by atomic mass is 10.0. The van der Waals surface area contributed by atoms with Crippen molar-refractivity contribution in [3.05, 3.63) is 69.4 Å². The van der Waals surface area contributed by atoms with Crippen LogP contribution in [0.2, 0.25) is 0 Å². The molecule has 1 nitrogen and oxygen atoms in total. The van der Waals surface area contributed by atoms with Crippen molar-refractivity contribution in [2.45, 2.75) is 6.42 Å². The van der Waals surface area contributed by atoms with E-state index < -0.39 is 23.2 Å². The lowest BCUT2D eigenvalue weighted by Gasteiger charge is -2.04. The zero-order valence-corrected chi connectivity index (χ0v) is 11.2. The predicted octanol–water partition coefficient (Wildman–Crippen LogP) is 4.29. The zero-order chi connectivity index (χ0) is 14.0. The summed E-state index contributed by atoms with van der Waals surface area (Å²) >= 11 is 2.98. The monoisotopic (exact) mass is 328 g/mol. The normalized spacial score (nSPS) is 10.5. The van der Waals surface area contributed by atoms with Gasteiger partial charge in [0.2, 0.25) is 0 Å². The fourth-order valence-electron chi connectivity index (χ4n) is 1.65. The SMILES string of the molecule is O=C(Cc1ccc(F)c(F)c1)c1cccc(Br)c1F. The van der Waals surface area contributed by atoms with E-state index in [1.807, 2.05) is 0 Å². The van der Waals surface area contributed by atoms with E-state index in [1.54, 1.807) is 0 Å². The van der Waals surface area contributed by atoms with Gasteiger partial charge in [0.1, 0.15) is 5.82 Å². The van der Waals surface area contributed by atoms with E-state index in [0.717, 1.165) is 12.1 Å². The molecule has 19 heavy (non-hydrogen) atoms. The molecule has 2 rings (SSSR count). The molecule has 0 aliphatic rings. The van der Waals surface area contributed by atoms with Crippen LogP contribution in [0, 0.1) is 17.5 Å². The van der Waals surface area contributed by atoms with Crippen molar-refractivity contribution < 1.29 is 18.0 Å². The molecule has 0 aliphatic carbocycles. The Morgan fingerprint density at radius 2 is 1.79 bits per heavy atom. The summed E-state index contributed by atoms with van der Waals surface area (Å²) in [6.45, 7) is 0. The fraction of sp³-hybridized carbons (Fsp3) is 0.0714. The third-order valence-corrected chi connectivity index (χ3v) is 3.21. The van der Waals surface area contributed by atoms with Crippen molar-refractivity contribution in [3.63, 3.8) is 0 Å². The van der Waals surface area contributed by atoms with Crippen LogP contribution in [0.25, 0.3) is 0 Å². The molecule has 0 atom stereocenters. The molecule has 0 heterocycles. The Hall–Kier alpha value is -1.62. The average Bonchev–Trinajstić information content (AvgIpc) is 2.37. The van der Waals surface area contributed by atoms with Gasteiger partial charge in [0.25, 0.3) is 0 Å². The highest BCUT2D eigenvalue weighted by Gasteiger charge is 2.15. The maximum atomic E-state index is 13.7. The van der Waals surface area contributed by atoms with Crippen LogP contribution >= 0.6 is 15.9 Å². The predicted molar refractivity (Wildman–Crippen MR) is 68.5 cm³/mol. The highest BCUT2D eigenvalue weighted by Crippen LogP contribution is 2.20. The van der Waals surface area contributed by atoms with Crippen LogP contribution < -0.4 is 0 Å². The van der Waals surface area contributed by atoms with Crippen molar-refractivity contribution in [2.75, 3.05) is 0 Å². The molecule has 0 fully saturated rings. The topological polar surface area (TPSA) is 17.1 Å². The standard InChI is InChI=1S/C14H8BrF3O/c15-10-3-1-2-9(14(10)18)13(19)7-8-4-5-11(16)12(17)6-8/h1-6H,7H2. The van der Waals surface area contributed by atoms with Crippen LogP contribution in [-0.2, 0) is 6.42 Å². The van der Waals surface area contributed by atoms with Gasteiger partial charge in [0.15, 0.2) is 17.4 Å². The van der Waals surface area contributed by atoms with Gasteiger partial charge >= 0.3 is 0 Å². The van der Waals surface area contributed by atoms with Crippen molar-refractivity contribution in [1.29, 1.82) is 0 Å². The van der Waals surface area contributed by atoms with Gasteiger partial charge in [-0.1, -0.05) is 12.1 Å². The van der Waals surface area contributed by atoms with E-state index in [4.69, 9.17) is 0 Å². The first-order valence-electron chi connectivity index (χ1n) is 5.40. The second-order valence-corrected chi connectivity index (χ2v) is 4.80. The Kier molecular flexibility index (Phi) is 4.04. The van der Waals surface area contributed by atoms with E-state index in [9.17, 15) is 18.0 Å². The van der Waals surface area contributed by atoms with Gasteiger partial charge in [-0.3, -0.25) is 4.79 Å². The highest BCUT2D eigenvalue weighted by molar-refractivity contribution is 9.10. The molecule has 0 aliphatic heterocycles. The van der Waals surface area contributed by atoms with Crippen LogP contribution in [0.5, 0.6) is 0 Å². The number of rotatable bonds is 3. The Morgan fingerprint density at radius 1 is 1.05 bits per heavy atom. The second-order valence-electron chi connectivity index (χ2n) is 3.95. The fourth-order valence-corrected chi connectivity index (χ4v) is 2.02. The third kappa shape index (κ3) is 3.04. The lowest BCUT2D eigenvalue weighted by molar-refractivity contribution is 0.0989. The van der Waals surface area contributed by atoms with Gasteiger partial charge in [-0.05, 0) is 45.8 Å². The van der Waals surface area contributed by atoms with Gasteiger partial charge in [-0.15, -0.1) is 0 Å². The third-order valence-electron chi connectivity index (χ3n) is 2.60. The van der Waals surface area contributed by atoms with Crippen LogP contribution in [0.4, 0.5) is 13.2 Å². The molecular formula is C14H8BrF3O. The molecule has 2 aromatic carbocycles. The first kappa shape index (κ1) is 13.8. The summed E-state index contributed by atoms with van der Waals surface area (Å²) in [7, 11) is 0. The molecule has 0 bridgehead atoms. The number of Topliss-reactive ketones (excluding diaryl/α,β-unsaturated/α-hetero) is 1. The number of carbonyl (C=O) groups is 1. The molecular weight excluding hydrogens is 321 g/mol. The summed E-state index contributed by atoms with van der Waals surface area (Å²) in [6.07, 6.45) is -0.190. The summed E-state index contributed by atoms with van der Waals surface area (Å²) < 4.78 is 39.6. The van der Waals surface area contributed by atoms with Gasteiger partial charge in [0.05, 0.1) is 10.0 Å². The summed E-state index contributed by atoms with van der Waals surface area (Å²) in [5.41, 5.74) is 0.211. The molecule has 98 valence electrons. The Bertz CT molecular complexity index is 641. The summed E-state index contributed by atoms with van der Waals surface area (Å²) in [5.74, 6) is -3.16. The molecule has 2 aromatic rings. The molecule has 0 saturated carbocycles. The smallest absolute Gasteiger partial charge is 0.170 e. The summed E-state index contributed by atoms with van der Waals surface area (Å²) in [4.78, 5) is 11.9. The molecule has 0 unspecified atom stereocenters. The van der Waals surface area contributed by atoms with Crippen molar-refractivity contribution >= 4 is 21.7 Å². The maximum Gasteiger partial charge on any atom is 0.170 e. The van der Waals surface area contributed by atoms with E-state index in [-0.39, 0.29) is 16.5 Å². The van der Waals surface area contributed by atoms with Gasteiger partial charge in [-0.2, -0.15) is 0 Å². The summed E-state index contributed by atoms with van der Waals surface area (Å²) in [5, 5.41) is 0. The minimum absolute atomic E-state index is 0.0842. The van der Waals surface area contributed by atoms with Crippen LogP contribution in [0.3, 0.4) is 0 Å². The first-order chi connectivity index (χ1) is 8.99. The Labute approximate surface area is 116 Å². The number of carbonyl (C=O) groups excluding carboxylic acids is 1. The molecule has 0 aromatic heterocycles. The van der Waals surface area contributed by atoms with Crippen LogP contribution in [0.15, 0.2) is 40.9 Å². The number of benzene rings is 2. The summed E-state index contributed by atoms with van der Waals surface area (Å²) in [6, 6.07) is 7.53. The van der Waals surface area contributed by atoms with E-state index >= 15 is 0 Å². The number of halogens is 4. The molecule has 0 N–H and O–H groups in total. The van der Waals surface area contributed by atoms with Crippen LogP contribution in [-0.4, -0.2) is 5.78 Å². The largest absolute Gasteiger partial charge is 0.294 e. The quantitative estimate of drug-likeness (QED) is 0.768. The average molecular weight is 329 g/mol. The van der Waals surface area contributed by atoms with Crippen LogP contribution in [0.1, 0.15) is 15.9 Å². The Morgan fingerprint density at radius 3 is 2.47 bits per heavy atom. The van der Waals surface area contributed by atoms with Gasteiger partial charge in [-0.25, -0.2) is 13.2 Å². The number of hydrogen-bond acceptors (Lipinski definition) is 1. The maximum absolute atomic E-state index is 13.7. The molecule has 5 heteroatoms. The molecule has 0 amide bonds. The minimum Gasteiger partial charge on any atom is -0.294 e. The van der Waals surface area contributed by atoms with Crippen molar-refractivity contribution in [2.24, 2.45) is 0 Å². The van der Waals surface area contributed by atoms with E-state index in [1.165, 1.54) is 24.3 Å². The van der Waals surface area contributed by atoms with Gasteiger partial charge < -0.3 is 0 Å². The van der Waals surface area contributed by atoms with E-state index in [0.29, 0.717) is 5.56 Å². The Balaban J connectivity index is 2.26. The van der Waals surface area contributed by atoms with Gasteiger partial charge in [0, 0.05) is 6.42 Å². The lowest BCUT2D eigenvalue weighted by Crippen LogP contribution is -2.07. The first-order valence-corrected chi connectivity index (χ1v) is 6.19. The molecule has 0 spiro atoms. The van der Waals surface area contributed by atoms with Crippen molar-refractivity contribution in [1.82, 2.24) is 0 Å². The van der Waals surface area contributed by atoms with E-state index in [2.05, 4.69) is 15.9 Å². The number of ketones is 1. The highest BCUT2D eigenvalue weighted by atomic mass is 79.9. The second kappa shape index (κ2) is 5.57. The zero-order valence-electron chi connectivity index (χ0n) is 9.59. The molecule has 0 radical (unpaired) electrons.